The number of carbonyl (C=O) groups is 2. The standard InChI is InChI=1S/C16H21N3O3/c1-11(12-4-5-12)7-15(20)18-6-2-3-14(10-18)19-9-13(8-17-19)16(21)22/h7-9,12,14H,2-6,10H2,1H3,(H,21,22)/b11-7-. The molecule has 1 N–H and O–H groups in total. The number of likely N-dealkylation sites (tertiary alicyclic amines) is 1. The number of aromatic carboxylic acids is 1. The second-order valence-corrected chi connectivity index (χ2v) is 6.26. The maximum atomic E-state index is 12.4. The highest BCUT2D eigenvalue weighted by molar-refractivity contribution is 5.88. The molecule has 1 amide bonds. The average Bonchev–Trinajstić information content (AvgIpc) is 3.24. The summed E-state index contributed by atoms with van der Waals surface area (Å²) in [6.07, 6.45) is 8.90. The van der Waals surface area contributed by atoms with Crippen LogP contribution in [0.5, 0.6) is 0 Å². The van der Waals surface area contributed by atoms with Crippen molar-refractivity contribution >= 4 is 11.9 Å². The molecule has 1 aliphatic heterocycles. The van der Waals surface area contributed by atoms with E-state index in [0.717, 1.165) is 19.4 Å². The van der Waals surface area contributed by atoms with E-state index in [2.05, 4.69) is 5.10 Å². The summed E-state index contributed by atoms with van der Waals surface area (Å²) in [5.41, 5.74) is 1.37. The van der Waals surface area contributed by atoms with Gasteiger partial charge in [0, 0.05) is 25.4 Å². The summed E-state index contributed by atoms with van der Waals surface area (Å²) in [4.78, 5) is 25.1. The molecule has 2 fully saturated rings. The average molecular weight is 303 g/mol. The van der Waals surface area contributed by atoms with Crippen LogP contribution in [0.1, 0.15) is 49.0 Å². The Kier molecular flexibility index (Phi) is 4.00. The number of piperidine rings is 1. The molecule has 1 unspecified atom stereocenters. The van der Waals surface area contributed by atoms with Crippen LogP contribution < -0.4 is 0 Å². The van der Waals surface area contributed by atoms with E-state index in [1.54, 1.807) is 17.0 Å². The van der Waals surface area contributed by atoms with Crippen LogP contribution in [0.25, 0.3) is 0 Å². The molecule has 1 aliphatic carbocycles. The lowest BCUT2D eigenvalue weighted by Crippen LogP contribution is -2.40. The van der Waals surface area contributed by atoms with Crippen molar-refractivity contribution in [1.29, 1.82) is 0 Å². The minimum atomic E-state index is -0.974. The molecule has 0 radical (unpaired) electrons. The van der Waals surface area contributed by atoms with Crippen molar-refractivity contribution in [2.45, 2.75) is 38.6 Å². The largest absolute Gasteiger partial charge is 0.478 e. The zero-order chi connectivity index (χ0) is 15.7. The minimum Gasteiger partial charge on any atom is -0.478 e. The Balaban J connectivity index is 1.66. The van der Waals surface area contributed by atoms with Crippen molar-refractivity contribution in [2.24, 2.45) is 5.92 Å². The number of rotatable bonds is 4. The topological polar surface area (TPSA) is 75.4 Å². The monoisotopic (exact) mass is 303 g/mol. The third kappa shape index (κ3) is 3.21. The number of hydrogen-bond acceptors (Lipinski definition) is 3. The van der Waals surface area contributed by atoms with E-state index < -0.39 is 5.97 Å². The van der Waals surface area contributed by atoms with Crippen molar-refractivity contribution in [3.05, 3.63) is 29.6 Å². The Morgan fingerprint density at radius 3 is 2.77 bits per heavy atom. The molecule has 6 heteroatoms. The molecule has 0 bridgehead atoms. The second kappa shape index (κ2) is 5.94. The number of nitrogens with zero attached hydrogens (tertiary/aromatic N) is 3. The van der Waals surface area contributed by atoms with E-state index >= 15 is 0 Å². The van der Waals surface area contributed by atoms with Gasteiger partial charge in [0.1, 0.15) is 0 Å². The Bertz CT molecular complexity index is 616. The first-order valence-electron chi connectivity index (χ1n) is 7.79. The van der Waals surface area contributed by atoms with Gasteiger partial charge in [0.2, 0.25) is 5.91 Å². The first kappa shape index (κ1) is 14.8. The SMILES string of the molecule is C/C(=C/C(=O)N1CCCC(n2cc(C(=O)O)cn2)C1)C1CC1. The quantitative estimate of drug-likeness (QED) is 0.864. The zero-order valence-corrected chi connectivity index (χ0v) is 12.7. The highest BCUT2D eigenvalue weighted by Gasteiger charge is 2.27. The number of carboxylic acids is 1. The summed E-state index contributed by atoms with van der Waals surface area (Å²) in [6, 6.07) is 0.0560. The van der Waals surface area contributed by atoms with E-state index in [1.807, 2.05) is 11.8 Å². The van der Waals surface area contributed by atoms with Crippen LogP contribution in [0.15, 0.2) is 24.0 Å². The molecule has 1 saturated heterocycles. The van der Waals surface area contributed by atoms with Gasteiger partial charge in [-0.05, 0) is 38.5 Å². The lowest BCUT2D eigenvalue weighted by atomic mass is 10.1. The van der Waals surface area contributed by atoms with Crippen LogP contribution in [0.2, 0.25) is 0 Å². The van der Waals surface area contributed by atoms with Gasteiger partial charge >= 0.3 is 5.97 Å². The van der Waals surface area contributed by atoms with Crippen molar-refractivity contribution < 1.29 is 14.7 Å². The summed E-state index contributed by atoms with van der Waals surface area (Å²) in [6.45, 7) is 3.38. The van der Waals surface area contributed by atoms with Gasteiger partial charge in [-0.15, -0.1) is 0 Å². The highest BCUT2D eigenvalue weighted by Crippen LogP contribution is 2.36. The first-order chi connectivity index (χ1) is 10.5. The number of carboxylic acid groups (broad SMARTS) is 1. The van der Waals surface area contributed by atoms with Gasteiger partial charge in [-0.25, -0.2) is 4.79 Å². The molecule has 1 atom stereocenters. The van der Waals surface area contributed by atoms with E-state index in [9.17, 15) is 9.59 Å². The molecule has 2 heterocycles. The molecule has 1 saturated carbocycles. The summed E-state index contributed by atoms with van der Waals surface area (Å²) >= 11 is 0. The van der Waals surface area contributed by atoms with E-state index in [4.69, 9.17) is 5.11 Å². The lowest BCUT2D eigenvalue weighted by Gasteiger charge is -2.32. The number of allylic oxidation sites excluding steroid dienone is 1. The Labute approximate surface area is 129 Å². The molecule has 1 aromatic heterocycles. The number of aromatic nitrogens is 2. The van der Waals surface area contributed by atoms with Crippen LogP contribution in [0.4, 0.5) is 0 Å². The summed E-state index contributed by atoms with van der Waals surface area (Å²) in [5, 5.41) is 13.1. The van der Waals surface area contributed by atoms with Gasteiger partial charge in [-0.3, -0.25) is 9.48 Å². The van der Waals surface area contributed by atoms with Crippen LogP contribution in [-0.2, 0) is 4.79 Å². The fraction of sp³-hybridized carbons (Fsp3) is 0.562. The van der Waals surface area contributed by atoms with Crippen LogP contribution in [0.3, 0.4) is 0 Å². The van der Waals surface area contributed by atoms with Crippen LogP contribution in [-0.4, -0.2) is 44.8 Å². The predicted octanol–water partition coefficient (Wildman–Crippen LogP) is 2.10. The smallest absolute Gasteiger partial charge is 0.338 e. The fourth-order valence-electron chi connectivity index (χ4n) is 2.96. The molecule has 3 rings (SSSR count). The summed E-state index contributed by atoms with van der Waals surface area (Å²) in [5.74, 6) is -0.300. The maximum absolute atomic E-state index is 12.4. The molecule has 22 heavy (non-hydrogen) atoms. The Hall–Kier alpha value is -2.11. The third-order valence-electron chi connectivity index (χ3n) is 4.50. The van der Waals surface area contributed by atoms with E-state index in [0.29, 0.717) is 12.5 Å². The maximum Gasteiger partial charge on any atom is 0.338 e. The molecular weight excluding hydrogens is 282 g/mol. The molecule has 2 aliphatic rings. The molecule has 0 spiro atoms. The summed E-state index contributed by atoms with van der Waals surface area (Å²) < 4.78 is 1.68. The summed E-state index contributed by atoms with van der Waals surface area (Å²) in [7, 11) is 0. The molecular formula is C16H21N3O3. The van der Waals surface area contributed by atoms with Gasteiger partial charge in [0.15, 0.2) is 0 Å². The van der Waals surface area contributed by atoms with Gasteiger partial charge in [0.25, 0.3) is 0 Å². The van der Waals surface area contributed by atoms with E-state index in [1.165, 1.54) is 24.6 Å². The normalized spacial score (nSPS) is 22.7. The zero-order valence-electron chi connectivity index (χ0n) is 12.7. The predicted molar refractivity (Wildman–Crippen MR) is 80.5 cm³/mol. The second-order valence-electron chi connectivity index (χ2n) is 6.26. The third-order valence-corrected chi connectivity index (χ3v) is 4.50. The van der Waals surface area contributed by atoms with Gasteiger partial charge in [0.05, 0.1) is 17.8 Å². The molecule has 0 aromatic carbocycles. The Morgan fingerprint density at radius 1 is 1.36 bits per heavy atom. The van der Waals surface area contributed by atoms with Crippen LogP contribution in [0, 0.1) is 5.92 Å². The van der Waals surface area contributed by atoms with Gasteiger partial charge in [-0.1, -0.05) is 5.57 Å². The van der Waals surface area contributed by atoms with Crippen molar-refractivity contribution in [3.63, 3.8) is 0 Å². The Morgan fingerprint density at radius 2 is 2.14 bits per heavy atom. The van der Waals surface area contributed by atoms with Crippen molar-refractivity contribution in [1.82, 2.24) is 14.7 Å². The fourth-order valence-corrected chi connectivity index (χ4v) is 2.96. The minimum absolute atomic E-state index is 0.0560. The number of carbonyl (C=O) groups excluding carboxylic acids is 1. The van der Waals surface area contributed by atoms with Crippen LogP contribution >= 0.6 is 0 Å². The highest BCUT2D eigenvalue weighted by atomic mass is 16.4. The molecule has 118 valence electrons. The number of hydrogen-bond donors (Lipinski definition) is 1. The number of amides is 1. The van der Waals surface area contributed by atoms with E-state index in [-0.39, 0.29) is 17.5 Å². The first-order valence-corrected chi connectivity index (χ1v) is 7.79. The van der Waals surface area contributed by atoms with Gasteiger partial charge < -0.3 is 10.0 Å². The van der Waals surface area contributed by atoms with Gasteiger partial charge in [-0.2, -0.15) is 5.10 Å². The van der Waals surface area contributed by atoms with Crippen molar-refractivity contribution in [3.8, 4) is 0 Å². The lowest BCUT2D eigenvalue weighted by molar-refractivity contribution is -0.127. The molecule has 1 aromatic rings. The molecule has 6 nitrogen and oxygen atoms in total. The van der Waals surface area contributed by atoms with Crippen molar-refractivity contribution in [2.75, 3.05) is 13.1 Å².